The molecule has 0 aromatic carbocycles. The van der Waals surface area contributed by atoms with Crippen LogP contribution in [0.4, 0.5) is 0 Å². The van der Waals surface area contributed by atoms with E-state index in [9.17, 15) is 5.11 Å². The molecule has 0 amide bonds. The van der Waals surface area contributed by atoms with Gasteiger partial charge in [0.05, 0.1) is 11.8 Å². The van der Waals surface area contributed by atoms with Gasteiger partial charge in [-0.05, 0) is 90.4 Å². The molecule has 0 spiro atoms. The van der Waals surface area contributed by atoms with Crippen molar-refractivity contribution in [2.75, 3.05) is 7.11 Å². The maximum atomic E-state index is 11.0. The Kier molecular flexibility index (Phi) is 6.89. The fourth-order valence-electron chi connectivity index (χ4n) is 9.57. The maximum Gasteiger partial charge on any atom is 0.106 e. The third-order valence-corrected chi connectivity index (χ3v) is 12.0. The van der Waals surface area contributed by atoms with Gasteiger partial charge in [-0.1, -0.05) is 85.4 Å². The molecule has 194 valence electrons. The molecule has 4 aliphatic rings. The Morgan fingerprint density at radius 2 is 1.71 bits per heavy atom. The lowest BCUT2D eigenvalue weighted by molar-refractivity contribution is -0.0859. The normalized spacial score (nSPS) is 43.5. The van der Waals surface area contributed by atoms with Crippen LogP contribution in [-0.2, 0) is 4.84 Å². The van der Waals surface area contributed by atoms with Crippen molar-refractivity contribution in [3.05, 3.63) is 11.1 Å². The number of hydrogen-bond acceptors (Lipinski definition) is 3. The summed E-state index contributed by atoms with van der Waals surface area (Å²) in [5.74, 6) is 2.79. The number of nitrogens with zero attached hydrogens (tertiary/aromatic N) is 1. The van der Waals surface area contributed by atoms with Crippen molar-refractivity contribution in [3.8, 4) is 0 Å². The van der Waals surface area contributed by atoms with Crippen molar-refractivity contribution in [2.45, 2.75) is 126 Å². The van der Waals surface area contributed by atoms with Gasteiger partial charge in [0.15, 0.2) is 0 Å². The van der Waals surface area contributed by atoms with E-state index in [0.717, 1.165) is 37.0 Å². The van der Waals surface area contributed by atoms with Gasteiger partial charge < -0.3 is 9.94 Å². The number of rotatable bonds is 6. The van der Waals surface area contributed by atoms with E-state index in [4.69, 9.17) is 9.99 Å². The van der Waals surface area contributed by atoms with Gasteiger partial charge in [0.1, 0.15) is 7.11 Å². The van der Waals surface area contributed by atoms with E-state index < -0.39 is 0 Å². The van der Waals surface area contributed by atoms with Crippen LogP contribution in [0.5, 0.6) is 0 Å². The summed E-state index contributed by atoms with van der Waals surface area (Å²) in [6, 6.07) is 0. The van der Waals surface area contributed by atoms with E-state index in [1.807, 2.05) is 0 Å². The van der Waals surface area contributed by atoms with Crippen molar-refractivity contribution < 1.29 is 9.94 Å². The Morgan fingerprint density at radius 3 is 2.35 bits per heavy atom. The van der Waals surface area contributed by atoms with Crippen LogP contribution in [0.2, 0.25) is 0 Å². The number of hydrogen-bond donors (Lipinski definition) is 1. The van der Waals surface area contributed by atoms with Crippen LogP contribution in [-0.4, -0.2) is 24.0 Å². The van der Waals surface area contributed by atoms with Crippen LogP contribution in [0.1, 0.15) is 120 Å². The Hall–Kier alpha value is -0.830. The molecule has 0 radical (unpaired) electrons. The van der Waals surface area contributed by atoms with Gasteiger partial charge in [-0.2, -0.15) is 0 Å². The van der Waals surface area contributed by atoms with Crippen molar-refractivity contribution >= 4 is 5.71 Å². The third kappa shape index (κ3) is 3.73. The number of allylic oxidation sites excluding steroid dienone is 2. The highest BCUT2D eigenvalue weighted by Crippen LogP contribution is 2.72. The minimum absolute atomic E-state index is 0.106. The largest absolute Gasteiger partial charge is 0.399 e. The lowest BCUT2D eigenvalue weighted by Gasteiger charge is -2.62. The second-order valence-corrected chi connectivity index (χ2v) is 14.3. The van der Waals surface area contributed by atoms with Gasteiger partial charge >= 0.3 is 0 Å². The quantitative estimate of drug-likeness (QED) is 0.397. The number of aliphatic hydroxyl groups is 1. The summed E-state index contributed by atoms with van der Waals surface area (Å²) in [7, 11) is 1.71. The van der Waals surface area contributed by atoms with Gasteiger partial charge in [0, 0.05) is 5.41 Å². The number of fused-ring (bicyclic) bond motifs is 4. The molecule has 1 N–H and O–H groups in total. The third-order valence-electron chi connectivity index (χ3n) is 12.0. The van der Waals surface area contributed by atoms with E-state index in [2.05, 4.69) is 55.4 Å². The van der Waals surface area contributed by atoms with E-state index in [1.165, 1.54) is 50.7 Å². The molecule has 4 rings (SSSR count). The van der Waals surface area contributed by atoms with Gasteiger partial charge in [-0.15, -0.1) is 0 Å². The maximum absolute atomic E-state index is 11.0. The first-order chi connectivity index (χ1) is 15.8. The first-order valence-corrected chi connectivity index (χ1v) is 14.4. The zero-order chi connectivity index (χ0) is 25.1. The minimum atomic E-state index is -0.233. The average Bonchev–Trinajstić information content (AvgIpc) is 3.03. The van der Waals surface area contributed by atoms with Crippen molar-refractivity contribution in [1.29, 1.82) is 0 Å². The smallest absolute Gasteiger partial charge is 0.106 e. The van der Waals surface area contributed by atoms with Crippen LogP contribution in [0.15, 0.2) is 16.3 Å². The second kappa shape index (κ2) is 8.93. The molecule has 2 saturated carbocycles. The highest BCUT2D eigenvalue weighted by Gasteiger charge is 2.64. The molecule has 0 bridgehead atoms. The predicted molar refractivity (Wildman–Crippen MR) is 143 cm³/mol. The molecule has 3 nitrogen and oxygen atoms in total. The van der Waals surface area contributed by atoms with Crippen LogP contribution in [0, 0.1) is 45.3 Å². The first kappa shape index (κ1) is 26.2. The molecule has 1 unspecified atom stereocenters. The molecule has 34 heavy (non-hydrogen) atoms. The molecule has 7 atom stereocenters. The predicted octanol–water partition coefficient (Wildman–Crippen LogP) is 8.17. The Balaban J connectivity index is 1.74. The number of oxime groups is 1. The summed E-state index contributed by atoms with van der Waals surface area (Å²) in [5.41, 5.74) is 5.00. The van der Waals surface area contributed by atoms with Crippen molar-refractivity contribution in [1.82, 2.24) is 0 Å². The minimum Gasteiger partial charge on any atom is -0.399 e. The SMILES string of the molecule is CO/N=C1\CC2C(C)(C)[C@@H](O)CC[C@]2(C)C2=C1[C@]1(C)CC[C@H]([C@H](C)CCCC(C)C)[C@@]1(C)CC2. The fourth-order valence-corrected chi connectivity index (χ4v) is 9.57. The van der Waals surface area contributed by atoms with E-state index in [-0.39, 0.29) is 22.3 Å². The van der Waals surface area contributed by atoms with Crippen LogP contribution in [0.25, 0.3) is 0 Å². The molecule has 0 heterocycles. The lowest BCUT2D eigenvalue weighted by atomic mass is 9.43. The molecule has 4 aliphatic carbocycles. The summed E-state index contributed by atoms with van der Waals surface area (Å²) >= 11 is 0. The molecule has 0 aromatic heterocycles. The molecule has 2 fully saturated rings. The highest BCUT2D eigenvalue weighted by atomic mass is 16.6. The van der Waals surface area contributed by atoms with Crippen molar-refractivity contribution in [3.63, 3.8) is 0 Å². The van der Waals surface area contributed by atoms with Gasteiger partial charge in [-0.25, -0.2) is 0 Å². The molecular formula is C31H53NO2. The fraction of sp³-hybridized carbons (Fsp3) is 0.903. The first-order valence-electron chi connectivity index (χ1n) is 14.4. The molecule has 0 aliphatic heterocycles. The molecule has 3 heteroatoms. The zero-order valence-corrected chi connectivity index (χ0v) is 23.8. The zero-order valence-electron chi connectivity index (χ0n) is 23.8. The van der Waals surface area contributed by atoms with E-state index in [0.29, 0.717) is 11.3 Å². The van der Waals surface area contributed by atoms with Gasteiger partial charge in [0.25, 0.3) is 0 Å². The lowest BCUT2D eigenvalue weighted by Crippen LogP contribution is -2.57. The topological polar surface area (TPSA) is 41.8 Å². The van der Waals surface area contributed by atoms with E-state index in [1.54, 1.807) is 18.3 Å². The summed E-state index contributed by atoms with van der Waals surface area (Å²) in [4.78, 5) is 5.51. The summed E-state index contributed by atoms with van der Waals surface area (Å²) < 4.78 is 0. The number of aliphatic hydroxyl groups excluding tert-OH is 1. The molecule has 0 saturated heterocycles. The summed E-state index contributed by atoms with van der Waals surface area (Å²) in [6.07, 6.45) is 11.9. The van der Waals surface area contributed by atoms with Gasteiger partial charge in [0.2, 0.25) is 0 Å². The summed E-state index contributed by atoms with van der Waals surface area (Å²) in [5, 5.41) is 15.7. The van der Waals surface area contributed by atoms with Crippen molar-refractivity contribution in [2.24, 2.45) is 50.5 Å². The Bertz CT molecular complexity index is 840. The molecule has 0 aromatic rings. The average molecular weight is 472 g/mol. The van der Waals surface area contributed by atoms with Gasteiger partial charge in [-0.3, -0.25) is 0 Å². The summed E-state index contributed by atoms with van der Waals surface area (Å²) in [6.45, 7) is 19.6. The standard InChI is InChI=1S/C31H53NO2/c1-20(2)11-10-12-21(3)22-13-18-31(8)27-23(14-17-30(22,31)7)29(6)16-15-26(33)28(4,5)25(29)19-24(27)32-34-9/h20-22,25-26,33H,10-19H2,1-9H3/b32-24+/t21-,22-,25?,26+,29-,30-,31+/m1/s1. The Labute approximate surface area is 210 Å². The van der Waals surface area contributed by atoms with Crippen LogP contribution >= 0.6 is 0 Å². The highest BCUT2D eigenvalue weighted by molar-refractivity contribution is 6.03. The van der Waals surface area contributed by atoms with Crippen LogP contribution < -0.4 is 0 Å². The van der Waals surface area contributed by atoms with Crippen LogP contribution in [0.3, 0.4) is 0 Å². The van der Waals surface area contributed by atoms with E-state index >= 15 is 0 Å². The molecular weight excluding hydrogens is 418 g/mol. The Morgan fingerprint density at radius 1 is 1.00 bits per heavy atom. The monoisotopic (exact) mass is 471 g/mol. The second-order valence-electron chi connectivity index (χ2n) is 14.3.